The van der Waals surface area contributed by atoms with Gasteiger partial charge in [0.1, 0.15) is 6.04 Å². The number of aliphatic hydroxyl groups excluding tert-OH is 1. The monoisotopic (exact) mass is 553 g/mol. The Hall–Kier alpha value is -2.58. The topological polar surface area (TPSA) is 81.2 Å². The summed E-state index contributed by atoms with van der Waals surface area (Å²) in [4.78, 5) is 48.1. The summed E-state index contributed by atoms with van der Waals surface area (Å²) in [5, 5.41) is 10.1. The number of rotatable bonds is 13. The number of hydrogen-bond acceptors (Lipinski definition) is 5. The van der Waals surface area contributed by atoms with Crippen LogP contribution in [0.25, 0.3) is 0 Å². The number of unbranched alkanes of at least 4 members (excludes halogenated alkanes) is 1. The van der Waals surface area contributed by atoms with Crippen molar-refractivity contribution in [2.45, 2.75) is 68.7 Å². The Labute approximate surface area is 237 Å². The van der Waals surface area contributed by atoms with Gasteiger partial charge in [-0.05, 0) is 31.2 Å². The van der Waals surface area contributed by atoms with Gasteiger partial charge in [-0.3, -0.25) is 14.4 Å². The van der Waals surface area contributed by atoms with Gasteiger partial charge < -0.3 is 19.8 Å². The molecule has 3 fully saturated rings. The van der Waals surface area contributed by atoms with Crippen LogP contribution in [0.15, 0.2) is 55.6 Å². The second-order valence-electron chi connectivity index (χ2n) is 11.2. The predicted molar refractivity (Wildman–Crippen MR) is 156 cm³/mol. The van der Waals surface area contributed by atoms with E-state index in [9.17, 15) is 19.5 Å². The van der Waals surface area contributed by atoms with Crippen molar-refractivity contribution in [2.24, 2.45) is 17.8 Å². The third kappa shape index (κ3) is 5.06. The average molecular weight is 554 g/mol. The first-order chi connectivity index (χ1) is 18.8. The Balaban J connectivity index is 1.74. The molecule has 1 spiro atoms. The van der Waals surface area contributed by atoms with Crippen molar-refractivity contribution in [1.29, 1.82) is 0 Å². The Kier molecular flexibility index (Phi) is 9.27. The molecule has 0 saturated carbocycles. The Morgan fingerprint density at radius 2 is 1.85 bits per heavy atom. The molecular weight excluding hydrogens is 510 g/mol. The normalized spacial score (nSPS) is 29.7. The molecule has 1 N–H and O–H groups in total. The molecule has 0 aliphatic carbocycles. The fraction of sp³-hybridized carbons (Fsp3) is 0.581. The van der Waals surface area contributed by atoms with Crippen molar-refractivity contribution in [3.63, 3.8) is 0 Å². The zero-order valence-corrected chi connectivity index (χ0v) is 24.3. The fourth-order valence-corrected chi connectivity index (χ4v) is 9.35. The van der Waals surface area contributed by atoms with E-state index in [4.69, 9.17) is 0 Å². The van der Waals surface area contributed by atoms with Gasteiger partial charge in [-0.2, -0.15) is 0 Å². The minimum Gasteiger partial charge on any atom is -0.394 e. The molecule has 39 heavy (non-hydrogen) atoms. The highest BCUT2D eigenvalue weighted by Gasteiger charge is 2.76. The van der Waals surface area contributed by atoms with Crippen LogP contribution < -0.4 is 0 Å². The van der Waals surface area contributed by atoms with Gasteiger partial charge in [-0.25, -0.2) is 0 Å². The second-order valence-corrected chi connectivity index (χ2v) is 12.8. The van der Waals surface area contributed by atoms with Gasteiger partial charge in [0.15, 0.2) is 0 Å². The molecule has 1 aromatic rings. The lowest BCUT2D eigenvalue weighted by Gasteiger charge is -2.42. The van der Waals surface area contributed by atoms with Crippen molar-refractivity contribution >= 4 is 29.5 Å². The largest absolute Gasteiger partial charge is 0.394 e. The van der Waals surface area contributed by atoms with E-state index in [0.717, 1.165) is 24.8 Å². The standard InChI is InChI=1S/C31H43N3O4S/c1-6-9-17-32(15-7-2)30(38)27-31-21(4)18-24(39-31)25(26(31)29(37)34(27)22(5)20-35)28(36)33(16-8-3)19-23-13-11-10-12-14-23/h7-8,10-14,21-22,24-27,35H,2-3,6,9,15-20H2,1,4-5H3/t21?,22-,24+,25-,26+,27?,31?/m1/s1. The number of fused-ring (bicyclic) bond motifs is 1. The average Bonchev–Trinajstić information content (AvgIpc) is 3.53. The highest BCUT2D eigenvalue weighted by Crippen LogP contribution is 2.69. The van der Waals surface area contributed by atoms with E-state index in [1.54, 1.807) is 45.5 Å². The first kappa shape index (κ1) is 29.4. The van der Waals surface area contributed by atoms with Crippen molar-refractivity contribution in [3.05, 3.63) is 61.2 Å². The van der Waals surface area contributed by atoms with Crippen molar-refractivity contribution < 1.29 is 19.5 Å². The van der Waals surface area contributed by atoms with E-state index < -0.39 is 28.7 Å². The quantitative estimate of drug-likeness (QED) is 0.377. The zero-order valence-electron chi connectivity index (χ0n) is 23.5. The molecule has 7 nitrogen and oxygen atoms in total. The molecule has 3 aliphatic rings. The molecule has 3 amide bonds. The highest BCUT2D eigenvalue weighted by atomic mass is 32.2. The van der Waals surface area contributed by atoms with E-state index in [-0.39, 0.29) is 35.5 Å². The molecule has 3 saturated heterocycles. The molecule has 8 heteroatoms. The maximum absolute atomic E-state index is 14.3. The Morgan fingerprint density at radius 1 is 1.18 bits per heavy atom. The third-order valence-corrected chi connectivity index (χ3v) is 10.8. The summed E-state index contributed by atoms with van der Waals surface area (Å²) in [6.45, 7) is 15.3. The van der Waals surface area contributed by atoms with Crippen molar-refractivity contribution in [2.75, 3.05) is 26.2 Å². The first-order valence-electron chi connectivity index (χ1n) is 14.2. The van der Waals surface area contributed by atoms with E-state index in [1.165, 1.54) is 0 Å². The predicted octanol–water partition coefficient (Wildman–Crippen LogP) is 3.73. The molecular formula is C31H43N3O4S. The number of carbonyl (C=O) groups excluding carboxylic acids is 3. The van der Waals surface area contributed by atoms with Crippen LogP contribution in [-0.4, -0.2) is 85.8 Å². The van der Waals surface area contributed by atoms with Gasteiger partial charge >= 0.3 is 0 Å². The Morgan fingerprint density at radius 3 is 2.46 bits per heavy atom. The number of likely N-dealkylation sites (tertiary alicyclic amines) is 1. The molecule has 0 radical (unpaired) electrons. The van der Waals surface area contributed by atoms with Gasteiger partial charge in [-0.1, -0.05) is 62.8 Å². The van der Waals surface area contributed by atoms with Crippen LogP contribution in [0.3, 0.4) is 0 Å². The van der Waals surface area contributed by atoms with Gasteiger partial charge in [0.2, 0.25) is 17.7 Å². The van der Waals surface area contributed by atoms with Crippen LogP contribution in [0.1, 0.15) is 45.6 Å². The van der Waals surface area contributed by atoms with E-state index in [2.05, 4.69) is 27.0 Å². The van der Waals surface area contributed by atoms with Gasteiger partial charge in [0, 0.05) is 31.4 Å². The second kappa shape index (κ2) is 12.3. The molecule has 2 bridgehead atoms. The smallest absolute Gasteiger partial charge is 0.247 e. The number of aliphatic hydroxyl groups is 1. The summed E-state index contributed by atoms with van der Waals surface area (Å²) in [6.07, 6.45) is 6.03. The van der Waals surface area contributed by atoms with Gasteiger partial charge in [0.05, 0.1) is 29.2 Å². The molecule has 3 aliphatic heterocycles. The van der Waals surface area contributed by atoms with Crippen LogP contribution in [0.4, 0.5) is 0 Å². The molecule has 3 heterocycles. The third-order valence-electron chi connectivity index (χ3n) is 8.76. The van der Waals surface area contributed by atoms with Gasteiger partial charge in [-0.15, -0.1) is 24.9 Å². The molecule has 1 aromatic carbocycles. The minimum absolute atomic E-state index is 0.0325. The first-order valence-corrected chi connectivity index (χ1v) is 15.1. The van der Waals surface area contributed by atoms with Crippen LogP contribution >= 0.6 is 11.8 Å². The number of thioether (sulfide) groups is 1. The number of hydrogen-bond donors (Lipinski definition) is 1. The maximum Gasteiger partial charge on any atom is 0.247 e. The fourth-order valence-electron chi connectivity index (χ4n) is 6.96. The van der Waals surface area contributed by atoms with Gasteiger partial charge in [0.25, 0.3) is 0 Å². The zero-order chi connectivity index (χ0) is 28.3. The SMILES string of the molecule is C=CCN(CCCC)C(=O)C1N([C@H](C)CO)C(=O)[C@@H]2[C@H](C(=O)N(CC=C)Cc3ccccc3)[C@@H]3CC(C)C12S3. The lowest BCUT2D eigenvalue weighted by molar-refractivity contribution is -0.147. The molecule has 7 atom stereocenters. The van der Waals surface area contributed by atoms with E-state index in [0.29, 0.717) is 26.2 Å². The summed E-state index contributed by atoms with van der Waals surface area (Å²) in [6, 6.07) is 8.59. The lowest BCUT2D eigenvalue weighted by Crippen LogP contribution is -2.59. The molecule has 212 valence electrons. The van der Waals surface area contributed by atoms with Crippen molar-refractivity contribution in [3.8, 4) is 0 Å². The minimum atomic E-state index is -0.723. The van der Waals surface area contributed by atoms with E-state index in [1.807, 2.05) is 30.3 Å². The van der Waals surface area contributed by atoms with Crippen molar-refractivity contribution in [1.82, 2.24) is 14.7 Å². The van der Waals surface area contributed by atoms with Crippen LogP contribution in [-0.2, 0) is 20.9 Å². The van der Waals surface area contributed by atoms with Crippen LogP contribution in [0.5, 0.6) is 0 Å². The summed E-state index contributed by atoms with van der Waals surface area (Å²) < 4.78 is -0.708. The molecule has 3 unspecified atom stereocenters. The number of benzene rings is 1. The summed E-state index contributed by atoms with van der Waals surface area (Å²) in [7, 11) is 0. The molecule has 4 rings (SSSR count). The van der Waals surface area contributed by atoms with Crippen LogP contribution in [0, 0.1) is 17.8 Å². The summed E-state index contributed by atoms with van der Waals surface area (Å²) >= 11 is 1.68. The number of amides is 3. The Bertz CT molecular complexity index is 1080. The maximum atomic E-state index is 14.3. The summed E-state index contributed by atoms with van der Waals surface area (Å²) in [5.41, 5.74) is 1.02. The summed E-state index contributed by atoms with van der Waals surface area (Å²) in [5.74, 6) is -1.37. The molecule has 0 aromatic heterocycles. The number of carbonyl (C=O) groups is 3. The number of nitrogens with zero attached hydrogens (tertiary/aromatic N) is 3. The lowest BCUT2D eigenvalue weighted by atomic mass is 9.65. The van der Waals surface area contributed by atoms with Crippen LogP contribution in [0.2, 0.25) is 0 Å². The highest BCUT2D eigenvalue weighted by molar-refractivity contribution is 8.02. The van der Waals surface area contributed by atoms with E-state index >= 15 is 0 Å².